The number of carbonyl (C=O) groups excluding carboxylic acids is 1. The second-order valence-corrected chi connectivity index (χ2v) is 5.89. The summed E-state index contributed by atoms with van der Waals surface area (Å²) in [6, 6.07) is 13.8. The molecule has 0 aliphatic heterocycles. The average molecular weight is 294 g/mol. The van der Waals surface area contributed by atoms with Crippen molar-refractivity contribution in [2.75, 3.05) is 6.61 Å². The molecule has 1 aliphatic rings. The number of carbonyl (C=O) groups is 1. The van der Waals surface area contributed by atoms with Gasteiger partial charge in [0.05, 0.1) is 6.61 Å². The Kier molecular flexibility index (Phi) is 4.57. The number of hydrogen-bond donors (Lipinski definition) is 0. The van der Waals surface area contributed by atoms with Crippen molar-refractivity contribution in [3.63, 3.8) is 0 Å². The summed E-state index contributed by atoms with van der Waals surface area (Å²) >= 11 is 0. The fourth-order valence-corrected chi connectivity index (χ4v) is 2.98. The highest BCUT2D eigenvalue weighted by atomic mass is 16.5. The quantitative estimate of drug-likeness (QED) is 0.611. The van der Waals surface area contributed by atoms with Gasteiger partial charge < -0.3 is 4.74 Å². The van der Waals surface area contributed by atoms with Crippen LogP contribution in [0.3, 0.4) is 0 Å². The van der Waals surface area contributed by atoms with E-state index in [9.17, 15) is 4.79 Å². The Bertz CT molecular complexity index is 673. The van der Waals surface area contributed by atoms with E-state index in [1.807, 2.05) is 42.5 Å². The van der Waals surface area contributed by atoms with Crippen molar-refractivity contribution in [3.8, 4) is 5.75 Å². The Labute approximate surface area is 132 Å². The molecule has 3 rings (SSSR count). The van der Waals surface area contributed by atoms with Crippen LogP contribution in [0, 0.1) is 0 Å². The lowest BCUT2D eigenvalue weighted by Crippen LogP contribution is -2.15. The van der Waals surface area contributed by atoms with E-state index in [-0.39, 0.29) is 5.78 Å². The number of hydrogen-bond acceptors (Lipinski definition) is 2. The van der Waals surface area contributed by atoms with Gasteiger partial charge in [0, 0.05) is 11.1 Å². The summed E-state index contributed by atoms with van der Waals surface area (Å²) in [5.41, 5.74) is 3.84. The molecule has 0 N–H and O–H groups in total. The van der Waals surface area contributed by atoms with Crippen molar-refractivity contribution in [1.82, 2.24) is 0 Å². The van der Waals surface area contributed by atoms with Gasteiger partial charge in [-0.2, -0.15) is 0 Å². The molecule has 0 bridgehead atoms. The fourth-order valence-electron chi connectivity index (χ4n) is 2.98. The lowest BCUT2D eigenvalue weighted by molar-refractivity contribution is 0.103. The molecule has 0 saturated heterocycles. The van der Waals surface area contributed by atoms with E-state index < -0.39 is 0 Å². The van der Waals surface area contributed by atoms with Crippen molar-refractivity contribution in [2.45, 2.75) is 39.0 Å². The third kappa shape index (κ3) is 3.06. The number of fused-ring (bicyclic) bond motifs is 2. The first-order valence-corrected chi connectivity index (χ1v) is 8.18. The van der Waals surface area contributed by atoms with Crippen LogP contribution >= 0.6 is 0 Å². The molecule has 0 heterocycles. The largest absolute Gasteiger partial charge is 0.494 e. The summed E-state index contributed by atoms with van der Waals surface area (Å²) in [6.07, 6.45) is 5.58. The predicted octanol–water partition coefficient (Wildman–Crippen LogP) is 4.78. The van der Waals surface area contributed by atoms with Crippen LogP contribution in [0.4, 0.5) is 0 Å². The Morgan fingerprint density at radius 3 is 2.64 bits per heavy atom. The molecule has 114 valence electrons. The van der Waals surface area contributed by atoms with Crippen molar-refractivity contribution in [3.05, 3.63) is 64.7 Å². The van der Waals surface area contributed by atoms with E-state index in [1.165, 1.54) is 19.3 Å². The molecule has 2 nitrogen and oxygen atoms in total. The van der Waals surface area contributed by atoms with E-state index in [2.05, 4.69) is 6.92 Å². The van der Waals surface area contributed by atoms with Crippen LogP contribution in [0.5, 0.6) is 5.75 Å². The molecule has 0 fully saturated rings. The van der Waals surface area contributed by atoms with Crippen LogP contribution in [0.15, 0.2) is 42.5 Å². The first-order chi connectivity index (χ1) is 10.8. The lowest BCUT2D eigenvalue weighted by Gasteiger charge is -2.19. The number of rotatable bonds is 6. The molecule has 2 heteroatoms. The molecule has 0 aromatic heterocycles. The van der Waals surface area contributed by atoms with Crippen molar-refractivity contribution >= 4 is 5.78 Å². The molecule has 0 atom stereocenters. The van der Waals surface area contributed by atoms with Gasteiger partial charge in [0.2, 0.25) is 0 Å². The van der Waals surface area contributed by atoms with E-state index in [0.29, 0.717) is 0 Å². The van der Waals surface area contributed by atoms with Gasteiger partial charge in [0.25, 0.3) is 0 Å². The molecule has 0 unspecified atom stereocenters. The molecular formula is C20H22O2. The van der Waals surface area contributed by atoms with Crippen molar-refractivity contribution in [1.29, 1.82) is 0 Å². The summed E-state index contributed by atoms with van der Waals surface area (Å²) in [5, 5.41) is 0. The molecule has 0 spiro atoms. The van der Waals surface area contributed by atoms with Gasteiger partial charge in [-0.3, -0.25) is 4.79 Å². The second-order valence-electron chi connectivity index (χ2n) is 5.89. The van der Waals surface area contributed by atoms with Crippen molar-refractivity contribution in [2.24, 2.45) is 0 Å². The smallest absolute Gasteiger partial charge is 0.193 e. The van der Waals surface area contributed by atoms with E-state index >= 15 is 0 Å². The van der Waals surface area contributed by atoms with Crippen LogP contribution in [-0.2, 0) is 6.42 Å². The zero-order valence-corrected chi connectivity index (χ0v) is 13.1. The zero-order valence-electron chi connectivity index (χ0n) is 13.1. The Morgan fingerprint density at radius 1 is 0.955 bits per heavy atom. The number of ether oxygens (including phenoxy) is 1. The molecular weight excluding hydrogens is 272 g/mol. The van der Waals surface area contributed by atoms with Gasteiger partial charge >= 0.3 is 0 Å². The third-order valence-electron chi connectivity index (χ3n) is 4.24. The summed E-state index contributed by atoms with van der Waals surface area (Å²) in [6.45, 7) is 2.93. The van der Waals surface area contributed by atoms with Gasteiger partial charge in [-0.1, -0.05) is 56.5 Å². The Morgan fingerprint density at radius 2 is 1.77 bits per heavy atom. The third-order valence-corrected chi connectivity index (χ3v) is 4.24. The minimum atomic E-state index is 0.119. The summed E-state index contributed by atoms with van der Waals surface area (Å²) in [7, 11) is 0. The first-order valence-electron chi connectivity index (χ1n) is 8.18. The number of unbranched alkanes of at least 4 members (excludes halogenated alkanes) is 3. The van der Waals surface area contributed by atoms with Gasteiger partial charge in [-0.25, -0.2) is 0 Å². The molecule has 1 aliphatic carbocycles. The minimum Gasteiger partial charge on any atom is -0.494 e. The first kappa shape index (κ1) is 14.8. The molecule has 0 radical (unpaired) electrons. The number of benzene rings is 2. The van der Waals surface area contributed by atoms with Crippen LogP contribution in [-0.4, -0.2) is 12.4 Å². The van der Waals surface area contributed by atoms with Gasteiger partial charge in [0.1, 0.15) is 5.75 Å². The maximum Gasteiger partial charge on any atom is 0.193 e. The van der Waals surface area contributed by atoms with Gasteiger partial charge in [-0.05, 0) is 36.1 Å². The van der Waals surface area contributed by atoms with Gasteiger partial charge in [-0.15, -0.1) is 0 Å². The highest BCUT2D eigenvalue weighted by Gasteiger charge is 2.23. The topological polar surface area (TPSA) is 26.3 Å². The average Bonchev–Trinajstić information content (AvgIpc) is 2.55. The highest BCUT2D eigenvalue weighted by molar-refractivity contribution is 6.12. The fraction of sp³-hybridized carbons (Fsp3) is 0.350. The molecule has 22 heavy (non-hydrogen) atoms. The molecule has 2 aromatic carbocycles. The van der Waals surface area contributed by atoms with Crippen LogP contribution in [0.25, 0.3) is 0 Å². The molecule has 0 amide bonds. The van der Waals surface area contributed by atoms with Crippen LogP contribution in [0.2, 0.25) is 0 Å². The normalized spacial score (nSPS) is 12.7. The standard InChI is InChI=1S/C20H22O2/c1-2-3-4-7-12-22-17-11-10-16-13-15-8-5-6-9-18(15)20(21)19(16)14-17/h5-6,8-11,14H,2-4,7,12-13H2,1H3. The summed E-state index contributed by atoms with van der Waals surface area (Å²) in [5.74, 6) is 0.927. The molecule has 0 saturated carbocycles. The predicted molar refractivity (Wildman–Crippen MR) is 88.8 cm³/mol. The maximum atomic E-state index is 12.6. The van der Waals surface area contributed by atoms with Crippen LogP contribution < -0.4 is 4.74 Å². The highest BCUT2D eigenvalue weighted by Crippen LogP contribution is 2.29. The zero-order chi connectivity index (χ0) is 15.4. The lowest BCUT2D eigenvalue weighted by atomic mass is 9.85. The second kappa shape index (κ2) is 6.78. The van der Waals surface area contributed by atoms with E-state index in [1.54, 1.807) is 0 Å². The maximum absolute atomic E-state index is 12.6. The Balaban J connectivity index is 1.72. The van der Waals surface area contributed by atoms with E-state index in [4.69, 9.17) is 4.74 Å². The minimum absolute atomic E-state index is 0.119. The SMILES string of the molecule is CCCCCCOc1ccc2c(c1)C(=O)c1ccccc1C2. The molecule has 2 aromatic rings. The Hall–Kier alpha value is -2.09. The number of ketones is 1. The van der Waals surface area contributed by atoms with E-state index in [0.717, 1.165) is 47.5 Å². The van der Waals surface area contributed by atoms with Crippen LogP contribution in [0.1, 0.15) is 59.7 Å². The monoisotopic (exact) mass is 294 g/mol. The van der Waals surface area contributed by atoms with Gasteiger partial charge in [0.15, 0.2) is 5.78 Å². The van der Waals surface area contributed by atoms with Crippen molar-refractivity contribution < 1.29 is 9.53 Å². The summed E-state index contributed by atoms with van der Waals surface area (Å²) in [4.78, 5) is 12.6. The summed E-state index contributed by atoms with van der Waals surface area (Å²) < 4.78 is 5.80.